The third-order valence-electron chi connectivity index (χ3n) is 3.97. The molecule has 0 saturated heterocycles. The van der Waals surface area contributed by atoms with Crippen molar-refractivity contribution in [3.05, 3.63) is 18.1 Å². The molecule has 4 nitrogen and oxygen atoms in total. The van der Waals surface area contributed by atoms with Gasteiger partial charge in [0.15, 0.2) is 5.82 Å². The first-order valence-corrected chi connectivity index (χ1v) is 7.27. The molecule has 1 amide bonds. The van der Waals surface area contributed by atoms with E-state index < -0.39 is 0 Å². The van der Waals surface area contributed by atoms with E-state index in [1.54, 1.807) is 12.4 Å². The van der Waals surface area contributed by atoms with Gasteiger partial charge in [-0.1, -0.05) is 13.8 Å². The Kier molecular flexibility index (Phi) is 3.25. The molecule has 0 aromatic carbocycles. The first-order chi connectivity index (χ1) is 9.15. The van der Waals surface area contributed by atoms with Gasteiger partial charge in [-0.25, -0.2) is 4.98 Å². The Bertz CT molecular complexity index is 482. The van der Waals surface area contributed by atoms with Crippen LogP contribution in [0.3, 0.4) is 0 Å². The molecule has 102 valence electrons. The Morgan fingerprint density at radius 3 is 2.79 bits per heavy atom. The number of carbonyl (C=O) groups is 1. The van der Waals surface area contributed by atoms with Gasteiger partial charge in [0.2, 0.25) is 5.91 Å². The minimum atomic E-state index is 0.132. The summed E-state index contributed by atoms with van der Waals surface area (Å²) in [6.45, 7) is 4.42. The van der Waals surface area contributed by atoms with Crippen LogP contribution in [0.25, 0.3) is 0 Å². The topological polar surface area (TPSA) is 54.9 Å². The number of hydrogen-bond donors (Lipinski definition) is 1. The van der Waals surface area contributed by atoms with Crippen molar-refractivity contribution >= 4 is 11.7 Å². The van der Waals surface area contributed by atoms with Gasteiger partial charge >= 0.3 is 0 Å². The van der Waals surface area contributed by atoms with Crippen LogP contribution < -0.4 is 5.32 Å². The van der Waals surface area contributed by atoms with Gasteiger partial charge in [-0.2, -0.15) is 0 Å². The third kappa shape index (κ3) is 2.94. The minimum Gasteiger partial charge on any atom is -0.309 e. The lowest BCUT2D eigenvalue weighted by Crippen LogP contribution is -2.17. The van der Waals surface area contributed by atoms with Gasteiger partial charge in [0.1, 0.15) is 0 Å². The van der Waals surface area contributed by atoms with E-state index in [0.717, 1.165) is 18.5 Å². The maximum atomic E-state index is 12.2. The van der Waals surface area contributed by atoms with Crippen molar-refractivity contribution in [2.75, 3.05) is 5.32 Å². The van der Waals surface area contributed by atoms with Crippen LogP contribution in [0.15, 0.2) is 12.4 Å². The normalized spacial score (nSPS) is 25.4. The van der Waals surface area contributed by atoms with E-state index in [-0.39, 0.29) is 11.8 Å². The molecule has 2 atom stereocenters. The molecule has 0 unspecified atom stereocenters. The summed E-state index contributed by atoms with van der Waals surface area (Å²) < 4.78 is 0. The molecule has 1 heterocycles. The number of aromatic nitrogens is 2. The molecule has 19 heavy (non-hydrogen) atoms. The van der Waals surface area contributed by atoms with Crippen molar-refractivity contribution in [3.63, 3.8) is 0 Å². The molecule has 0 bridgehead atoms. The Hall–Kier alpha value is -1.45. The molecule has 2 aliphatic carbocycles. The fourth-order valence-electron chi connectivity index (χ4n) is 2.74. The summed E-state index contributed by atoms with van der Waals surface area (Å²) in [6.07, 6.45) is 7.88. The third-order valence-corrected chi connectivity index (χ3v) is 3.97. The van der Waals surface area contributed by atoms with Gasteiger partial charge in [0.05, 0.1) is 5.69 Å². The van der Waals surface area contributed by atoms with Crippen LogP contribution in [0, 0.1) is 17.8 Å². The molecule has 1 aromatic heterocycles. The number of nitrogens with one attached hydrogen (secondary N) is 1. The average molecular weight is 259 g/mol. The summed E-state index contributed by atoms with van der Waals surface area (Å²) in [7, 11) is 0. The highest BCUT2D eigenvalue weighted by molar-refractivity contribution is 5.94. The first-order valence-electron chi connectivity index (χ1n) is 7.27. The summed E-state index contributed by atoms with van der Waals surface area (Å²) in [4.78, 5) is 20.8. The highest BCUT2D eigenvalue weighted by atomic mass is 16.2. The predicted molar refractivity (Wildman–Crippen MR) is 73.7 cm³/mol. The summed E-state index contributed by atoms with van der Waals surface area (Å²) in [5.41, 5.74) is 0.969. The second kappa shape index (κ2) is 4.91. The summed E-state index contributed by atoms with van der Waals surface area (Å²) in [5, 5.41) is 2.98. The number of hydrogen-bond acceptors (Lipinski definition) is 3. The summed E-state index contributed by atoms with van der Waals surface area (Å²) >= 11 is 0. The highest BCUT2D eigenvalue weighted by Crippen LogP contribution is 2.45. The maximum absolute atomic E-state index is 12.2. The quantitative estimate of drug-likeness (QED) is 0.884. The van der Waals surface area contributed by atoms with Crippen LogP contribution in [0.4, 0.5) is 5.82 Å². The van der Waals surface area contributed by atoms with Gasteiger partial charge < -0.3 is 5.32 Å². The fraction of sp³-hybridized carbons (Fsp3) is 0.667. The fourth-order valence-corrected chi connectivity index (χ4v) is 2.74. The molecule has 2 aliphatic rings. The molecule has 0 spiro atoms. The van der Waals surface area contributed by atoms with Crippen molar-refractivity contribution < 1.29 is 4.79 Å². The van der Waals surface area contributed by atoms with Gasteiger partial charge in [-0.15, -0.1) is 0 Å². The zero-order valence-electron chi connectivity index (χ0n) is 11.6. The van der Waals surface area contributed by atoms with E-state index in [0.29, 0.717) is 23.6 Å². The number of nitrogens with zero attached hydrogens (tertiary/aromatic N) is 2. The van der Waals surface area contributed by atoms with Crippen LogP contribution >= 0.6 is 0 Å². The second-order valence-corrected chi connectivity index (χ2v) is 6.29. The van der Waals surface area contributed by atoms with Crippen molar-refractivity contribution in [2.24, 2.45) is 17.8 Å². The van der Waals surface area contributed by atoms with Gasteiger partial charge in [0.25, 0.3) is 0 Å². The van der Waals surface area contributed by atoms with E-state index in [9.17, 15) is 4.79 Å². The number of amides is 1. The minimum absolute atomic E-state index is 0.132. The van der Waals surface area contributed by atoms with Crippen LogP contribution in [-0.4, -0.2) is 15.9 Å². The second-order valence-electron chi connectivity index (χ2n) is 6.29. The zero-order valence-corrected chi connectivity index (χ0v) is 11.6. The van der Waals surface area contributed by atoms with E-state index in [1.807, 2.05) is 0 Å². The lowest BCUT2D eigenvalue weighted by Gasteiger charge is -2.08. The molecule has 2 saturated carbocycles. The van der Waals surface area contributed by atoms with Gasteiger partial charge in [-0.3, -0.25) is 9.78 Å². The van der Waals surface area contributed by atoms with Gasteiger partial charge in [-0.05, 0) is 37.5 Å². The molecule has 3 rings (SSSR count). The Morgan fingerprint density at radius 2 is 2.11 bits per heavy atom. The largest absolute Gasteiger partial charge is 0.309 e. The lowest BCUT2D eigenvalue weighted by molar-refractivity contribution is -0.117. The number of rotatable bonds is 5. The smallest absolute Gasteiger partial charge is 0.228 e. The van der Waals surface area contributed by atoms with Crippen molar-refractivity contribution in [1.29, 1.82) is 0 Å². The van der Waals surface area contributed by atoms with E-state index >= 15 is 0 Å². The number of carbonyl (C=O) groups excluding carboxylic acids is 1. The van der Waals surface area contributed by atoms with Crippen LogP contribution in [0.5, 0.6) is 0 Å². The molecular formula is C15H21N3O. The van der Waals surface area contributed by atoms with Crippen molar-refractivity contribution in [3.8, 4) is 0 Å². The Balaban J connectivity index is 1.61. The summed E-state index contributed by atoms with van der Waals surface area (Å²) in [6, 6.07) is 0. The standard InChI is InChI=1S/C15H21N3O/c1-9(2)7-11-8-12(11)15(19)18-14-13(10-3-4-10)16-5-6-17-14/h5-6,9-12H,3-4,7-8H2,1-2H3,(H,17,18,19)/t11-,12-/m0/s1. The summed E-state index contributed by atoms with van der Waals surface area (Å²) in [5.74, 6) is 2.76. The van der Waals surface area contributed by atoms with Crippen LogP contribution in [-0.2, 0) is 4.79 Å². The SMILES string of the molecule is CC(C)C[C@H]1C[C@@H]1C(=O)Nc1nccnc1C1CC1. The Morgan fingerprint density at radius 1 is 1.37 bits per heavy atom. The van der Waals surface area contributed by atoms with Crippen molar-refractivity contribution in [2.45, 2.75) is 45.4 Å². The molecule has 0 radical (unpaired) electrons. The average Bonchev–Trinajstić information content (AvgIpc) is 3.23. The predicted octanol–water partition coefficient (Wildman–Crippen LogP) is 2.97. The lowest BCUT2D eigenvalue weighted by atomic mass is 10.1. The van der Waals surface area contributed by atoms with Crippen molar-refractivity contribution in [1.82, 2.24) is 9.97 Å². The Labute approximate surface area is 114 Å². The van der Waals surface area contributed by atoms with Crippen LogP contribution in [0.2, 0.25) is 0 Å². The number of anilines is 1. The van der Waals surface area contributed by atoms with E-state index in [1.165, 1.54) is 12.8 Å². The molecule has 1 aromatic rings. The molecule has 0 aliphatic heterocycles. The van der Waals surface area contributed by atoms with E-state index in [2.05, 4.69) is 29.1 Å². The molecule has 2 fully saturated rings. The van der Waals surface area contributed by atoms with Crippen LogP contribution in [0.1, 0.15) is 51.1 Å². The molecular weight excluding hydrogens is 238 g/mol. The zero-order chi connectivity index (χ0) is 13.4. The monoisotopic (exact) mass is 259 g/mol. The maximum Gasteiger partial charge on any atom is 0.228 e. The highest BCUT2D eigenvalue weighted by Gasteiger charge is 2.43. The molecule has 4 heteroatoms. The van der Waals surface area contributed by atoms with Gasteiger partial charge in [0, 0.05) is 24.2 Å². The molecule has 1 N–H and O–H groups in total. The van der Waals surface area contributed by atoms with E-state index in [4.69, 9.17) is 0 Å². The first kappa shape index (κ1) is 12.6.